The molecular formula is C24H26F3N3O4S. The first-order valence-corrected chi connectivity index (χ1v) is 13.1. The first-order chi connectivity index (χ1) is 16.4. The molecule has 2 aromatic carbocycles. The van der Waals surface area contributed by atoms with Crippen molar-refractivity contribution in [3.05, 3.63) is 65.0 Å². The maximum Gasteiger partial charge on any atom is 0.253 e. The Kier molecular flexibility index (Phi) is 6.92. The number of rotatable bonds is 6. The minimum atomic E-state index is -3.46. The largest absolute Gasteiger partial charge is 0.338 e. The monoisotopic (exact) mass is 509 g/mol. The van der Waals surface area contributed by atoms with E-state index in [1.807, 2.05) is 0 Å². The second-order valence-electron chi connectivity index (χ2n) is 9.24. The molecule has 0 radical (unpaired) electrons. The van der Waals surface area contributed by atoms with Crippen LogP contribution in [0.15, 0.2) is 41.3 Å². The Hall–Kier alpha value is -2.92. The zero-order chi connectivity index (χ0) is 25.5. The highest BCUT2D eigenvalue weighted by atomic mass is 32.2. The molecule has 2 aliphatic rings. The number of likely N-dealkylation sites (tertiary alicyclic amines) is 2. The van der Waals surface area contributed by atoms with Gasteiger partial charge in [-0.2, -0.15) is 0 Å². The van der Waals surface area contributed by atoms with Gasteiger partial charge in [-0.25, -0.2) is 21.6 Å². The molecule has 2 amide bonds. The highest BCUT2D eigenvalue weighted by Gasteiger charge is 2.44. The van der Waals surface area contributed by atoms with Gasteiger partial charge in [0.2, 0.25) is 5.91 Å². The lowest BCUT2D eigenvalue weighted by Gasteiger charge is -2.26. The summed E-state index contributed by atoms with van der Waals surface area (Å²) in [6.45, 7) is 1.26. The van der Waals surface area contributed by atoms with Crippen LogP contribution in [-0.2, 0) is 21.1 Å². The average molecular weight is 510 g/mol. The molecule has 0 aromatic heterocycles. The standard InChI is InChI=1S/C24H26F3N3O4S/c1-35(33,34)18-4-2-3-14(8-18)24(32)29-12-15-5-6-30(22(15)13-29)23(31)10-17(28)7-16-9-20(26)21(27)11-19(16)25/h2-4,8-9,11,15,17,22H,5-7,10,12-13,28H2,1H3/t15-,17+,22+/m0/s1. The highest BCUT2D eigenvalue weighted by molar-refractivity contribution is 7.90. The van der Waals surface area contributed by atoms with Gasteiger partial charge < -0.3 is 15.5 Å². The van der Waals surface area contributed by atoms with Crippen molar-refractivity contribution >= 4 is 21.7 Å². The molecule has 0 bridgehead atoms. The van der Waals surface area contributed by atoms with Crippen LogP contribution in [0.25, 0.3) is 0 Å². The normalized spacial score (nSPS) is 20.7. The summed E-state index contributed by atoms with van der Waals surface area (Å²) in [6.07, 6.45) is 1.55. The summed E-state index contributed by atoms with van der Waals surface area (Å²) in [5.41, 5.74) is 6.19. The van der Waals surface area contributed by atoms with E-state index >= 15 is 0 Å². The number of fused-ring (bicyclic) bond motifs is 1. The summed E-state index contributed by atoms with van der Waals surface area (Å²) in [5.74, 6) is -3.86. The van der Waals surface area contributed by atoms with Crippen molar-refractivity contribution in [1.29, 1.82) is 0 Å². The first-order valence-electron chi connectivity index (χ1n) is 11.2. The quantitative estimate of drug-likeness (QED) is 0.602. The molecular weight excluding hydrogens is 483 g/mol. The van der Waals surface area contributed by atoms with Gasteiger partial charge in [-0.05, 0) is 42.7 Å². The Morgan fingerprint density at radius 2 is 1.80 bits per heavy atom. The third-order valence-electron chi connectivity index (χ3n) is 6.67. The Morgan fingerprint density at radius 1 is 1.09 bits per heavy atom. The van der Waals surface area contributed by atoms with E-state index in [-0.39, 0.29) is 52.6 Å². The molecule has 2 aliphatic heterocycles. The number of halogens is 3. The SMILES string of the molecule is CS(=O)(=O)c1cccc(C(=O)N2C[C@@H]3CCN(C(=O)C[C@H](N)Cc4cc(F)c(F)cc4F)[C@@H]3C2)c1. The summed E-state index contributed by atoms with van der Waals surface area (Å²) in [5, 5.41) is 0. The van der Waals surface area contributed by atoms with Crippen LogP contribution >= 0.6 is 0 Å². The number of hydrogen-bond donors (Lipinski definition) is 1. The van der Waals surface area contributed by atoms with Crippen LogP contribution in [0.4, 0.5) is 13.2 Å². The molecule has 4 rings (SSSR count). The number of benzene rings is 2. The van der Waals surface area contributed by atoms with E-state index in [1.54, 1.807) is 15.9 Å². The predicted octanol–water partition coefficient (Wildman–Crippen LogP) is 2.14. The fraction of sp³-hybridized carbons (Fsp3) is 0.417. The van der Waals surface area contributed by atoms with Gasteiger partial charge >= 0.3 is 0 Å². The number of carbonyl (C=O) groups is 2. The maximum absolute atomic E-state index is 13.9. The lowest BCUT2D eigenvalue weighted by Crippen LogP contribution is -2.43. The van der Waals surface area contributed by atoms with Gasteiger partial charge in [0.1, 0.15) is 5.82 Å². The van der Waals surface area contributed by atoms with Gasteiger partial charge in [-0.15, -0.1) is 0 Å². The van der Waals surface area contributed by atoms with E-state index in [4.69, 9.17) is 5.73 Å². The molecule has 7 nitrogen and oxygen atoms in total. The van der Waals surface area contributed by atoms with Gasteiger partial charge in [-0.1, -0.05) is 6.07 Å². The van der Waals surface area contributed by atoms with Gasteiger partial charge in [0.05, 0.1) is 10.9 Å². The van der Waals surface area contributed by atoms with Crippen molar-refractivity contribution in [1.82, 2.24) is 9.80 Å². The first kappa shape index (κ1) is 25.2. The number of hydrogen-bond acceptors (Lipinski definition) is 5. The molecule has 3 atom stereocenters. The van der Waals surface area contributed by atoms with Crippen LogP contribution in [0.3, 0.4) is 0 Å². The lowest BCUT2D eigenvalue weighted by molar-refractivity contribution is -0.132. The zero-order valence-electron chi connectivity index (χ0n) is 19.1. The van der Waals surface area contributed by atoms with E-state index < -0.39 is 33.3 Å². The second kappa shape index (κ2) is 9.62. The fourth-order valence-electron chi connectivity index (χ4n) is 4.90. The summed E-state index contributed by atoms with van der Waals surface area (Å²) >= 11 is 0. The fourth-order valence-corrected chi connectivity index (χ4v) is 5.56. The summed E-state index contributed by atoms with van der Waals surface area (Å²) in [6, 6.07) is 6.08. The molecule has 2 heterocycles. The van der Waals surface area contributed by atoms with Crippen LogP contribution in [0.2, 0.25) is 0 Å². The van der Waals surface area contributed by atoms with Crippen LogP contribution in [0.1, 0.15) is 28.8 Å². The molecule has 2 fully saturated rings. The number of sulfone groups is 1. The molecule has 0 aliphatic carbocycles. The highest BCUT2D eigenvalue weighted by Crippen LogP contribution is 2.33. The predicted molar refractivity (Wildman–Crippen MR) is 122 cm³/mol. The smallest absolute Gasteiger partial charge is 0.253 e. The number of nitrogens with two attached hydrogens (primary N) is 1. The second-order valence-corrected chi connectivity index (χ2v) is 11.3. The molecule has 35 heavy (non-hydrogen) atoms. The van der Waals surface area contributed by atoms with Gasteiger partial charge in [0, 0.05) is 55.9 Å². The van der Waals surface area contributed by atoms with Gasteiger partial charge in [0.25, 0.3) is 5.91 Å². The Balaban J connectivity index is 1.39. The lowest BCUT2D eigenvalue weighted by atomic mass is 10.0. The van der Waals surface area contributed by atoms with Gasteiger partial charge in [0.15, 0.2) is 21.5 Å². The van der Waals surface area contributed by atoms with E-state index in [0.29, 0.717) is 32.1 Å². The van der Waals surface area contributed by atoms with Crippen molar-refractivity contribution in [3.63, 3.8) is 0 Å². The minimum Gasteiger partial charge on any atom is -0.338 e. The molecule has 11 heteroatoms. The molecule has 188 valence electrons. The summed E-state index contributed by atoms with van der Waals surface area (Å²) in [7, 11) is -3.46. The van der Waals surface area contributed by atoms with E-state index in [0.717, 1.165) is 12.3 Å². The van der Waals surface area contributed by atoms with Crippen LogP contribution in [-0.4, -0.2) is 68.0 Å². The summed E-state index contributed by atoms with van der Waals surface area (Å²) in [4.78, 5) is 29.3. The molecule has 0 unspecified atom stereocenters. The van der Waals surface area contributed by atoms with E-state index in [2.05, 4.69) is 0 Å². The number of nitrogens with zero attached hydrogens (tertiary/aromatic N) is 2. The molecule has 0 spiro atoms. The average Bonchev–Trinajstić information content (AvgIpc) is 3.37. The van der Waals surface area contributed by atoms with Crippen molar-refractivity contribution in [2.24, 2.45) is 11.7 Å². The van der Waals surface area contributed by atoms with E-state index in [9.17, 15) is 31.2 Å². The number of amides is 2. The Labute approximate surface area is 201 Å². The maximum atomic E-state index is 13.9. The zero-order valence-corrected chi connectivity index (χ0v) is 19.9. The Morgan fingerprint density at radius 3 is 2.51 bits per heavy atom. The topological polar surface area (TPSA) is 101 Å². The van der Waals surface area contributed by atoms with Gasteiger partial charge in [-0.3, -0.25) is 9.59 Å². The molecule has 0 saturated carbocycles. The molecule has 2 aromatic rings. The minimum absolute atomic E-state index is 0.0611. The third kappa shape index (κ3) is 5.35. The van der Waals surface area contributed by atoms with Crippen molar-refractivity contribution < 1.29 is 31.2 Å². The van der Waals surface area contributed by atoms with Crippen LogP contribution in [0.5, 0.6) is 0 Å². The number of carbonyl (C=O) groups excluding carboxylic acids is 2. The third-order valence-corrected chi connectivity index (χ3v) is 7.78. The van der Waals surface area contributed by atoms with Crippen LogP contribution in [0, 0.1) is 23.4 Å². The molecule has 2 saturated heterocycles. The Bertz CT molecular complexity index is 1270. The van der Waals surface area contributed by atoms with E-state index in [1.165, 1.54) is 18.2 Å². The van der Waals surface area contributed by atoms with Crippen molar-refractivity contribution in [3.8, 4) is 0 Å². The van der Waals surface area contributed by atoms with Crippen LogP contribution < -0.4 is 5.73 Å². The summed E-state index contributed by atoms with van der Waals surface area (Å²) < 4.78 is 64.2. The van der Waals surface area contributed by atoms with Crippen molar-refractivity contribution in [2.75, 3.05) is 25.9 Å². The molecule has 2 N–H and O–H groups in total. The van der Waals surface area contributed by atoms with Crippen molar-refractivity contribution in [2.45, 2.75) is 36.2 Å².